The monoisotopic (exact) mass is 378 g/mol. The van der Waals surface area contributed by atoms with Gasteiger partial charge in [-0.1, -0.05) is 47.9 Å². The second-order valence-corrected chi connectivity index (χ2v) is 7.74. The van der Waals surface area contributed by atoms with Gasteiger partial charge in [-0.15, -0.1) is 0 Å². The summed E-state index contributed by atoms with van der Waals surface area (Å²) in [6.07, 6.45) is 3.61. The van der Waals surface area contributed by atoms with Crippen molar-refractivity contribution < 1.29 is 14.7 Å². The highest BCUT2D eigenvalue weighted by Gasteiger charge is 2.33. The summed E-state index contributed by atoms with van der Waals surface area (Å²) in [4.78, 5) is 28.0. The number of carbonyl (C=O) groups is 2. The van der Waals surface area contributed by atoms with Crippen LogP contribution in [-0.4, -0.2) is 39.3 Å². The molecule has 0 saturated carbocycles. The number of para-hydroxylation sites is 1. The van der Waals surface area contributed by atoms with Crippen LogP contribution in [-0.2, 0) is 9.59 Å². The minimum atomic E-state index is -1.08. The van der Waals surface area contributed by atoms with E-state index in [0.29, 0.717) is 4.91 Å². The zero-order valence-corrected chi connectivity index (χ0v) is 15.2. The van der Waals surface area contributed by atoms with Crippen LogP contribution >= 0.6 is 35.7 Å². The standard InChI is InChI=1S/C16H14N2O3S3/c1-2-17-10-5-3-4-6-11(10)23-13(17)8-7-12-15(21)18(9-14(19)20)16(22)24-12/h3-8H,2,9H2,1H3,(H,19,20)/b12-7-,13-8-. The maximum Gasteiger partial charge on any atom is 0.323 e. The van der Waals surface area contributed by atoms with Gasteiger partial charge in [0, 0.05) is 11.4 Å². The molecule has 124 valence electrons. The van der Waals surface area contributed by atoms with Crippen LogP contribution in [0.2, 0.25) is 0 Å². The molecule has 2 aliphatic heterocycles. The molecule has 0 aromatic heterocycles. The zero-order chi connectivity index (χ0) is 17.3. The van der Waals surface area contributed by atoms with E-state index in [4.69, 9.17) is 17.3 Å². The molecule has 5 nitrogen and oxygen atoms in total. The number of aliphatic carboxylic acids is 1. The smallest absolute Gasteiger partial charge is 0.323 e. The number of carbonyl (C=O) groups excluding carboxylic acids is 1. The molecule has 1 aromatic carbocycles. The van der Waals surface area contributed by atoms with Crippen molar-refractivity contribution >= 4 is 57.6 Å². The largest absolute Gasteiger partial charge is 0.480 e. The average molecular weight is 379 g/mol. The lowest BCUT2D eigenvalue weighted by Crippen LogP contribution is -2.33. The van der Waals surface area contributed by atoms with E-state index in [-0.39, 0.29) is 10.2 Å². The molecule has 1 fully saturated rings. The van der Waals surface area contributed by atoms with E-state index < -0.39 is 12.5 Å². The van der Waals surface area contributed by atoms with Gasteiger partial charge in [0.25, 0.3) is 5.91 Å². The molecule has 0 aliphatic carbocycles. The third-order valence-corrected chi connectivity index (χ3v) is 6.02. The number of carboxylic acids is 1. The Morgan fingerprint density at radius 1 is 1.25 bits per heavy atom. The molecule has 3 rings (SSSR count). The van der Waals surface area contributed by atoms with E-state index in [2.05, 4.69) is 24.0 Å². The third kappa shape index (κ3) is 3.22. The number of anilines is 1. The van der Waals surface area contributed by atoms with Crippen LogP contribution in [0.4, 0.5) is 5.69 Å². The number of amides is 1. The maximum atomic E-state index is 12.3. The van der Waals surface area contributed by atoms with Crippen molar-refractivity contribution in [3.05, 3.63) is 46.4 Å². The molecule has 0 spiro atoms. The Kier molecular flexibility index (Phi) is 4.98. The SMILES string of the molecule is CCN1/C(=C/C=C2\SC(=S)N(CC(=O)O)C2=O)Sc2ccccc21. The topological polar surface area (TPSA) is 60.9 Å². The van der Waals surface area contributed by atoms with Crippen molar-refractivity contribution in [2.45, 2.75) is 11.8 Å². The number of benzene rings is 1. The second-order valence-electron chi connectivity index (χ2n) is 5.00. The van der Waals surface area contributed by atoms with Crippen molar-refractivity contribution in [1.82, 2.24) is 4.90 Å². The normalized spacial score (nSPS) is 20.4. The summed E-state index contributed by atoms with van der Waals surface area (Å²) in [6.45, 7) is 2.49. The molecule has 0 bridgehead atoms. The van der Waals surface area contributed by atoms with Gasteiger partial charge in [-0.05, 0) is 31.2 Å². The fourth-order valence-electron chi connectivity index (χ4n) is 2.44. The highest BCUT2D eigenvalue weighted by molar-refractivity contribution is 8.26. The van der Waals surface area contributed by atoms with Gasteiger partial charge in [-0.25, -0.2) is 0 Å². The molecule has 0 atom stereocenters. The van der Waals surface area contributed by atoms with Crippen molar-refractivity contribution in [2.75, 3.05) is 18.0 Å². The molecule has 0 radical (unpaired) electrons. The number of allylic oxidation sites excluding steroid dienone is 2. The molecular weight excluding hydrogens is 364 g/mol. The van der Waals surface area contributed by atoms with E-state index in [1.807, 2.05) is 18.2 Å². The summed E-state index contributed by atoms with van der Waals surface area (Å²) in [7, 11) is 0. The molecule has 1 amide bonds. The highest BCUT2D eigenvalue weighted by atomic mass is 32.2. The highest BCUT2D eigenvalue weighted by Crippen LogP contribution is 2.45. The van der Waals surface area contributed by atoms with Crippen LogP contribution in [0.15, 0.2) is 51.2 Å². The summed E-state index contributed by atoms with van der Waals surface area (Å²) < 4.78 is 0.279. The summed E-state index contributed by atoms with van der Waals surface area (Å²) in [5.41, 5.74) is 1.16. The van der Waals surface area contributed by atoms with Gasteiger partial charge >= 0.3 is 5.97 Å². The number of nitrogens with zero attached hydrogens (tertiary/aromatic N) is 2. The van der Waals surface area contributed by atoms with Crippen LogP contribution in [0.5, 0.6) is 0 Å². The van der Waals surface area contributed by atoms with Crippen molar-refractivity contribution in [1.29, 1.82) is 0 Å². The molecule has 0 unspecified atom stereocenters. The number of thiocarbonyl (C=S) groups is 1. The van der Waals surface area contributed by atoms with Gasteiger partial charge in [0.1, 0.15) is 10.9 Å². The van der Waals surface area contributed by atoms with E-state index in [9.17, 15) is 9.59 Å². The van der Waals surface area contributed by atoms with E-state index in [1.165, 1.54) is 4.90 Å². The number of hydrogen-bond donors (Lipinski definition) is 1. The molecule has 1 N–H and O–H groups in total. The Labute approximate surface area is 153 Å². The Morgan fingerprint density at radius 3 is 2.71 bits per heavy atom. The van der Waals surface area contributed by atoms with Gasteiger partial charge in [-0.2, -0.15) is 0 Å². The van der Waals surface area contributed by atoms with E-state index in [0.717, 1.165) is 33.9 Å². The molecule has 1 aromatic rings. The second kappa shape index (κ2) is 7.00. The predicted octanol–water partition coefficient (Wildman–Crippen LogP) is 3.29. The number of hydrogen-bond acceptors (Lipinski definition) is 6. The fraction of sp³-hybridized carbons (Fsp3) is 0.188. The fourth-order valence-corrected chi connectivity index (χ4v) is 4.76. The van der Waals surface area contributed by atoms with Crippen molar-refractivity contribution in [3.63, 3.8) is 0 Å². The Hall–Kier alpha value is -1.77. The molecule has 2 heterocycles. The third-order valence-electron chi connectivity index (χ3n) is 3.50. The molecule has 24 heavy (non-hydrogen) atoms. The predicted molar refractivity (Wildman–Crippen MR) is 101 cm³/mol. The van der Waals surface area contributed by atoms with E-state index >= 15 is 0 Å². The first kappa shape index (κ1) is 17.1. The van der Waals surface area contributed by atoms with Crippen molar-refractivity contribution in [3.8, 4) is 0 Å². The Bertz CT molecular complexity index is 789. The lowest BCUT2D eigenvalue weighted by Gasteiger charge is -2.17. The number of fused-ring (bicyclic) bond motifs is 1. The van der Waals surface area contributed by atoms with E-state index in [1.54, 1.807) is 17.8 Å². The number of thioether (sulfide) groups is 2. The first-order valence-corrected chi connectivity index (χ1v) is 9.27. The summed E-state index contributed by atoms with van der Waals surface area (Å²) in [5, 5.41) is 9.89. The van der Waals surface area contributed by atoms with Crippen molar-refractivity contribution in [2.24, 2.45) is 0 Å². The van der Waals surface area contributed by atoms with Gasteiger partial charge in [0.2, 0.25) is 0 Å². The van der Waals surface area contributed by atoms with Crippen LogP contribution in [0.25, 0.3) is 0 Å². The number of rotatable bonds is 4. The minimum Gasteiger partial charge on any atom is -0.480 e. The van der Waals surface area contributed by atoms with Crippen LogP contribution in [0.1, 0.15) is 6.92 Å². The zero-order valence-electron chi connectivity index (χ0n) is 12.8. The minimum absolute atomic E-state index is 0.279. The molecule has 1 saturated heterocycles. The molecule has 8 heteroatoms. The number of carboxylic acid groups (broad SMARTS) is 1. The summed E-state index contributed by atoms with van der Waals surface area (Å²) in [5.74, 6) is -1.43. The van der Waals surface area contributed by atoms with Gasteiger partial charge in [-0.3, -0.25) is 14.5 Å². The first-order chi connectivity index (χ1) is 11.5. The first-order valence-electron chi connectivity index (χ1n) is 7.23. The Morgan fingerprint density at radius 2 is 2.00 bits per heavy atom. The van der Waals surface area contributed by atoms with Crippen LogP contribution in [0.3, 0.4) is 0 Å². The van der Waals surface area contributed by atoms with Gasteiger partial charge in [0.05, 0.1) is 15.6 Å². The maximum absolute atomic E-state index is 12.3. The lowest BCUT2D eigenvalue weighted by atomic mass is 10.3. The summed E-state index contributed by atoms with van der Waals surface area (Å²) >= 11 is 7.87. The Balaban J connectivity index is 1.83. The lowest BCUT2D eigenvalue weighted by molar-refractivity contribution is -0.140. The van der Waals surface area contributed by atoms with Gasteiger partial charge < -0.3 is 10.0 Å². The van der Waals surface area contributed by atoms with Crippen LogP contribution in [0, 0.1) is 0 Å². The van der Waals surface area contributed by atoms with Gasteiger partial charge in [0.15, 0.2) is 0 Å². The molecule has 2 aliphatic rings. The average Bonchev–Trinajstić information content (AvgIpc) is 3.04. The molecular formula is C16H14N2O3S3. The summed E-state index contributed by atoms with van der Waals surface area (Å²) in [6, 6.07) is 8.14. The van der Waals surface area contributed by atoms with Crippen LogP contribution < -0.4 is 4.90 Å². The quantitative estimate of drug-likeness (QED) is 0.637.